The van der Waals surface area contributed by atoms with Gasteiger partial charge in [0.25, 0.3) is 11.5 Å². The van der Waals surface area contributed by atoms with Crippen molar-refractivity contribution in [1.29, 1.82) is 0 Å². The summed E-state index contributed by atoms with van der Waals surface area (Å²) in [5.74, 6) is -3.55. The summed E-state index contributed by atoms with van der Waals surface area (Å²) < 4.78 is 67.5. The molecule has 0 bridgehead atoms. The van der Waals surface area contributed by atoms with Crippen molar-refractivity contribution in [3.05, 3.63) is 140 Å². The highest BCUT2D eigenvalue weighted by Crippen LogP contribution is 2.36. The maximum Gasteiger partial charge on any atom is 0.260 e. The lowest BCUT2D eigenvalue weighted by atomic mass is 9.89. The molecule has 9 heterocycles. The van der Waals surface area contributed by atoms with Crippen molar-refractivity contribution >= 4 is 45.7 Å². The lowest BCUT2D eigenvalue weighted by molar-refractivity contribution is -0.133. The predicted octanol–water partition coefficient (Wildman–Crippen LogP) is 6.55. The van der Waals surface area contributed by atoms with Crippen molar-refractivity contribution in [3.8, 4) is 5.69 Å². The van der Waals surface area contributed by atoms with Gasteiger partial charge in [0, 0.05) is 91.9 Å². The molecule has 6 aromatic rings. The number of benzene rings is 2. The smallest absolute Gasteiger partial charge is 0.260 e. The van der Waals surface area contributed by atoms with Gasteiger partial charge in [0.05, 0.1) is 42.0 Å². The third-order valence-corrected chi connectivity index (χ3v) is 15.1. The van der Waals surface area contributed by atoms with E-state index in [1.807, 2.05) is 41.4 Å². The molecular weight excluding hydrogens is 919 g/mol. The monoisotopic (exact) mass is 971 g/mol. The molecule has 0 saturated carbocycles. The Hall–Kier alpha value is -7.12. The number of carbonyl (C=O) groups is 3. The Kier molecular flexibility index (Phi) is 12.1. The number of aromatic nitrogens is 5. The molecule has 368 valence electrons. The Morgan fingerprint density at radius 2 is 1.69 bits per heavy atom. The molecule has 15 nitrogen and oxygen atoms in total. The summed E-state index contributed by atoms with van der Waals surface area (Å²) in [7, 11) is 1.89. The fraction of sp³-hybridized carbons (Fsp3) is 0.385. The molecular formula is C52H53F4N11O4. The topological polar surface area (TPSA) is 155 Å². The van der Waals surface area contributed by atoms with Gasteiger partial charge in [-0.1, -0.05) is 12.1 Å². The molecule has 71 heavy (non-hydrogen) atoms. The Morgan fingerprint density at radius 3 is 2.44 bits per heavy atom. The van der Waals surface area contributed by atoms with Crippen LogP contribution in [0.5, 0.6) is 0 Å². The molecule has 19 heteroatoms. The molecule has 5 aliphatic heterocycles. The number of piperidine rings is 2. The van der Waals surface area contributed by atoms with E-state index in [0.717, 1.165) is 55.1 Å². The van der Waals surface area contributed by atoms with Gasteiger partial charge in [-0.25, -0.2) is 22.5 Å². The molecule has 0 spiro atoms. The summed E-state index contributed by atoms with van der Waals surface area (Å²) in [5.41, 5.74) is 5.61. The van der Waals surface area contributed by atoms with Crippen LogP contribution < -0.4 is 21.5 Å². The first-order chi connectivity index (χ1) is 34.3. The van der Waals surface area contributed by atoms with Gasteiger partial charge in [0.1, 0.15) is 29.1 Å². The number of nitrogens with zero attached hydrogens (tertiary/aromatic N) is 8. The van der Waals surface area contributed by atoms with Gasteiger partial charge in [-0.3, -0.25) is 43.5 Å². The van der Waals surface area contributed by atoms with Crippen molar-refractivity contribution in [2.75, 3.05) is 49.9 Å². The van der Waals surface area contributed by atoms with Crippen molar-refractivity contribution in [1.82, 2.24) is 43.9 Å². The van der Waals surface area contributed by atoms with Crippen molar-refractivity contribution in [2.24, 2.45) is 7.05 Å². The van der Waals surface area contributed by atoms with Crippen LogP contribution in [-0.4, -0.2) is 102 Å². The number of imide groups is 1. The van der Waals surface area contributed by atoms with Gasteiger partial charge in [0.15, 0.2) is 5.82 Å². The van der Waals surface area contributed by atoms with Crippen molar-refractivity contribution in [3.63, 3.8) is 0 Å². The highest BCUT2D eigenvalue weighted by atomic mass is 19.1. The summed E-state index contributed by atoms with van der Waals surface area (Å²) in [5, 5.41) is 13.8. The Morgan fingerprint density at radius 1 is 0.887 bits per heavy atom. The molecule has 3 N–H and O–H groups in total. The number of fused-ring (bicyclic) bond motifs is 3. The SMILES string of the molecule is C[C@@H](c1cc2c(-n3cc(F)c4c(c3=O)CCN4)ccnc2n1C)N1CC=C(c2c(F)cc(C(=O)N3CCn4nc(CN5CCC(c6ccc(NC7CCC(=O)NC7=O)cc6F)CC5)cc4C3)cc2F)CC1. The number of halogens is 4. The van der Waals surface area contributed by atoms with Crippen LogP contribution in [0.15, 0.2) is 71.8 Å². The molecule has 11 rings (SSSR count). The number of rotatable bonds is 10. The Bertz CT molecular complexity index is 3220. The minimum atomic E-state index is -0.794. The largest absolute Gasteiger partial charge is 0.382 e. The zero-order valence-electron chi connectivity index (χ0n) is 39.4. The number of pyridine rings is 2. The van der Waals surface area contributed by atoms with Gasteiger partial charge in [-0.05, 0) is 112 Å². The van der Waals surface area contributed by atoms with Gasteiger partial charge >= 0.3 is 0 Å². The van der Waals surface area contributed by atoms with Crippen molar-refractivity contribution in [2.45, 2.75) is 83.1 Å². The highest BCUT2D eigenvalue weighted by Gasteiger charge is 2.31. The van der Waals surface area contributed by atoms with Gasteiger partial charge in [-0.2, -0.15) is 5.10 Å². The normalized spacial score (nSPS) is 19.3. The first-order valence-corrected chi connectivity index (χ1v) is 24.3. The fourth-order valence-corrected chi connectivity index (χ4v) is 11.2. The van der Waals surface area contributed by atoms with Crippen LogP contribution in [0.25, 0.3) is 22.3 Å². The molecule has 0 radical (unpaired) electrons. The number of hydrogen-bond donors (Lipinski definition) is 3. The van der Waals surface area contributed by atoms with E-state index in [4.69, 9.17) is 5.10 Å². The molecule has 5 aliphatic rings. The second kappa shape index (κ2) is 18.6. The number of likely N-dealkylation sites (tertiary alicyclic amines) is 1. The fourth-order valence-electron chi connectivity index (χ4n) is 11.2. The van der Waals surface area contributed by atoms with Gasteiger partial charge < -0.3 is 20.1 Å². The molecule has 2 aromatic carbocycles. The number of carbonyl (C=O) groups excluding carboxylic acids is 3. The van der Waals surface area contributed by atoms with Crippen LogP contribution in [0.2, 0.25) is 0 Å². The molecule has 3 amide bonds. The maximum atomic E-state index is 16.0. The van der Waals surface area contributed by atoms with E-state index in [0.29, 0.717) is 97.6 Å². The molecule has 0 aliphatic carbocycles. The van der Waals surface area contributed by atoms with E-state index in [9.17, 15) is 19.2 Å². The zero-order valence-corrected chi connectivity index (χ0v) is 39.4. The summed E-state index contributed by atoms with van der Waals surface area (Å²) in [6.45, 7) is 6.52. The van der Waals surface area contributed by atoms with Crippen LogP contribution in [0.4, 0.5) is 28.9 Å². The summed E-state index contributed by atoms with van der Waals surface area (Å²) >= 11 is 0. The zero-order chi connectivity index (χ0) is 49.2. The van der Waals surface area contributed by atoms with Crippen LogP contribution in [-0.2, 0) is 42.7 Å². The van der Waals surface area contributed by atoms with Crippen LogP contribution >= 0.6 is 0 Å². The third-order valence-electron chi connectivity index (χ3n) is 15.1. The summed E-state index contributed by atoms with van der Waals surface area (Å²) in [6, 6.07) is 12.1. The minimum absolute atomic E-state index is 0.0365. The Balaban J connectivity index is 0.701. The van der Waals surface area contributed by atoms with E-state index in [-0.39, 0.29) is 59.0 Å². The summed E-state index contributed by atoms with van der Waals surface area (Å²) in [6.07, 6.45) is 7.56. The van der Waals surface area contributed by atoms with Crippen LogP contribution in [0, 0.1) is 23.3 Å². The first-order valence-electron chi connectivity index (χ1n) is 24.3. The number of anilines is 2. The van der Waals surface area contributed by atoms with Crippen LogP contribution in [0.1, 0.15) is 95.1 Å². The van der Waals surface area contributed by atoms with E-state index >= 15 is 17.6 Å². The van der Waals surface area contributed by atoms with Crippen LogP contribution in [0.3, 0.4) is 0 Å². The third kappa shape index (κ3) is 8.68. The molecule has 2 fully saturated rings. The van der Waals surface area contributed by atoms with E-state index < -0.39 is 35.3 Å². The second-order valence-corrected chi connectivity index (χ2v) is 19.4. The highest BCUT2D eigenvalue weighted by molar-refractivity contribution is 6.01. The maximum absolute atomic E-state index is 16.0. The number of amides is 3. The van der Waals surface area contributed by atoms with E-state index in [2.05, 4.69) is 30.7 Å². The average molecular weight is 972 g/mol. The first kappa shape index (κ1) is 46.3. The standard InChI is InChI=1S/C52H53F4N11O4/c1-29(45-25-38-44(8-14-58-49(38)62(45)2)66-28-42(56)48-37(52(66)71)7-13-57-48)64-17-11-31(12-18-64)47-40(54)21-32(22-41(47)55)51(70)65-19-20-67-35(27-65)23-34(61-67)26-63-15-9-30(10-16-63)36-4-3-33(24-39(36)53)59-43-5-6-46(68)60-50(43)69/h3-4,8,11,14,21-25,28-30,43,57,59H,5-7,9-10,12-13,15-20,26-27H2,1-2H3,(H,60,68,69)/t29-,43?/m0/s1. The molecule has 1 unspecified atom stereocenters. The molecule has 2 atom stereocenters. The van der Waals surface area contributed by atoms with Gasteiger partial charge in [-0.15, -0.1) is 0 Å². The minimum Gasteiger partial charge on any atom is -0.382 e. The van der Waals surface area contributed by atoms with E-state index in [1.165, 1.54) is 16.8 Å². The molecule has 4 aromatic heterocycles. The summed E-state index contributed by atoms with van der Waals surface area (Å²) in [4.78, 5) is 61.5. The predicted molar refractivity (Wildman–Crippen MR) is 258 cm³/mol. The quantitative estimate of drug-likeness (QED) is 0.102. The molecule has 2 saturated heterocycles. The van der Waals surface area contributed by atoms with Gasteiger partial charge in [0.2, 0.25) is 11.8 Å². The second-order valence-electron chi connectivity index (χ2n) is 19.4. The lowest BCUT2D eigenvalue weighted by Crippen LogP contribution is -2.47. The van der Waals surface area contributed by atoms with E-state index in [1.54, 1.807) is 29.3 Å². The number of nitrogens with one attached hydrogen (secondary N) is 3. The van der Waals surface area contributed by atoms with Crippen molar-refractivity contribution < 1.29 is 31.9 Å². The lowest BCUT2D eigenvalue weighted by Gasteiger charge is -2.32. The Labute approximate surface area is 406 Å². The average Bonchev–Trinajstić information content (AvgIpc) is 4.11. The number of hydrogen-bond acceptors (Lipinski definition) is 10. The number of aryl methyl sites for hydroxylation is 1.